The third-order valence-corrected chi connectivity index (χ3v) is 15.2. The summed E-state index contributed by atoms with van der Waals surface area (Å²) in [5.41, 5.74) is 9.70. The van der Waals surface area contributed by atoms with Gasteiger partial charge in [0.25, 0.3) is 0 Å². The lowest BCUT2D eigenvalue weighted by molar-refractivity contribution is 0.590. The van der Waals surface area contributed by atoms with Gasteiger partial charge in [-0.2, -0.15) is 0 Å². The molecule has 5 nitrogen and oxygen atoms in total. The molecule has 71 heavy (non-hydrogen) atoms. The van der Waals surface area contributed by atoms with Crippen LogP contribution in [0.2, 0.25) is 0 Å². The van der Waals surface area contributed by atoms with E-state index in [9.17, 15) is 0 Å². The minimum atomic E-state index is -0.435. The third-order valence-electron chi connectivity index (χ3n) is 15.2. The topological polar surface area (TPSA) is 55.1 Å². The number of benzene rings is 11. The van der Waals surface area contributed by atoms with E-state index < -0.39 is 5.54 Å². The van der Waals surface area contributed by atoms with Crippen LogP contribution in [0.4, 0.5) is 11.4 Å². The van der Waals surface area contributed by atoms with Gasteiger partial charge in [-0.1, -0.05) is 188 Å². The predicted octanol–water partition coefficient (Wildman–Crippen LogP) is 15.3. The van der Waals surface area contributed by atoms with Crippen LogP contribution in [0.5, 0.6) is 0 Å². The van der Waals surface area contributed by atoms with Gasteiger partial charge in [0.15, 0.2) is 17.5 Å². The van der Waals surface area contributed by atoms with Gasteiger partial charge in [0.1, 0.15) is 11.2 Å². The molecule has 5 heteroatoms. The summed E-state index contributed by atoms with van der Waals surface area (Å²) in [4.78, 5) is 18.8. The number of furan rings is 1. The summed E-state index contributed by atoms with van der Waals surface area (Å²) >= 11 is 0. The lowest BCUT2D eigenvalue weighted by Gasteiger charge is -2.40. The van der Waals surface area contributed by atoms with Gasteiger partial charge in [0, 0.05) is 50.7 Å². The van der Waals surface area contributed by atoms with Gasteiger partial charge in [0.05, 0.1) is 11.2 Å². The van der Waals surface area contributed by atoms with E-state index in [1.54, 1.807) is 0 Å². The minimum absolute atomic E-state index is 0.105. The highest BCUT2D eigenvalue weighted by molar-refractivity contribution is 6.16. The predicted molar refractivity (Wildman–Crippen MR) is 293 cm³/mol. The molecule has 0 fully saturated rings. The number of hydrogen-bond donors (Lipinski definition) is 0. The Morgan fingerprint density at radius 2 is 1.06 bits per heavy atom. The lowest BCUT2D eigenvalue weighted by atomic mass is 9.78. The number of aromatic nitrogens is 3. The Hall–Kier alpha value is -9.19. The summed E-state index contributed by atoms with van der Waals surface area (Å²) in [5.74, 6) is 1.90. The molecule has 0 saturated heterocycles. The van der Waals surface area contributed by atoms with E-state index in [0.29, 0.717) is 17.5 Å². The van der Waals surface area contributed by atoms with E-state index in [0.717, 1.165) is 82.4 Å². The minimum Gasteiger partial charge on any atom is -0.456 e. The van der Waals surface area contributed by atoms with Crippen molar-refractivity contribution in [1.29, 1.82) is 0 Å². The highest BCUT2D eigenvalue weighted by Crippen LogP contribution is 2.57. The second-order valence-electron chi connectivity index (χ2n) is 19.3. The quantitative estimate of drug-likeness (QED) is 0.161. The molecule has 1 aliphatic heterocycles. The number of fused-ring (bicyclic) bond motifs is 12. The summed E-state index contributed by atoms with van der Waals surface area (Å²) in [5, 5.41) is 13.8. The fraction of sp³-hybridized carbons (Fsp3) is 0.0455. The SMILES string of the molecule is CC12C=c3ccccc3=CC1c1cc3ccccc3cc1N2c1cc2oc3cccc(-c4nc(-c5ccc6ccccc6c5)nc(-c5cc6ccccc6c6ccccc56)n4)c3c2cc1-c1ccccc1. The summed E-state index contributed by atoms with van der Waals surface area (Å²) in [7, 11) is 0. The molecule has 0 spiro atoms. The van der Waals surface area contributed by atoms with Crippen LogP contribution in [0.25, 0.3) is 122 Å². The van der Waals surface area contributed by atoms with Crippen molar-refractivity contribution < 1.29 is 4.42 Å². The van der Waals surface area contributed by atoms with Crippen LogP contribution in [-0.4, -0.2) is 20.5 Å². The average molecular weight is 907 g/mol. The van der Waals surface area contributed by atoms with Gasteiger partial charge in [-0.25, -0.2) is 15.0 Å². The van der Waals surface area contributed by atoms with E-state index in [-0.39, 0.29) is 5.92 Å². The molecular weight excluding hydrogens is 865 g/mol. The fourth-order valence-corrected chi connectivity index (χ4v) is 11.9. The van der Waals surface area contributed by atoms with Gasteiger partial charge >= 0.3 is 0 Å². The third kappa shape index (κ3) is 6.09. The first kappa shape index (κ1) is 39.8. The maximum absolute atomic E-state index is 7.06. The molecular formula is C66H42N4O. The van der Waals surface area contributed by atoms with Crippen LogP contribution >= 0.6 is 0 Å². The second-order valence-corrected chi connectivity index (χ2v) is 19.3. The van der Waals surface area contributed by atoms with Gasteiger partial charge in [-0.3, -0.25) is 0 Å². The molecule has 0 saturated carbocycles. The Kier molecular flexibility index (Phi) is 8.49. The maximum Gasteiger partial charge on any atom is 0.164 e. The molecule has 11 aromatic carbocycles. The van der Waals surface area contributed by atoms with Crippen LogP contribution in [0.15, 0.2) is 223 Å². The van der Waals surface area contributed by atoms with Gasteiger partial charge in [-0.05, 0) is 108 Å². The first-order valence-corrected chi connectivity index (χ1v) is 24.4. The van der Waals surface area contributed by atoms with Crippen molar-refractivity contribution in [3.05, 3.63) is 234 Å². The average Bonchev–Trinajstić information content (AvgIpc) is 3.91. The highest BCUT2D eigenvalue weighted by Gasteiger charge is 2.48. The number of anilines is 2. The van der Waals surface area contributed by atoms with Crippen molar-refractivity contribution in [2.24, 2.45) is 0 Å². The zero-order valence-electron chi connectivity index (χ0n) is 38.7. The molecule has 0 N–H and O–H groups in total. The standard InChI is InChI=1S/C66H42N4O/c1-66-39-48-24-10-9-21-44(48)35-57(66)55-33-43-20-7-8-22-45(43)36-58(55)70(66)59-38-61-56(37-53(59)41-17-3-2-4-18-41)62-52(28-15-29-60(62)71-61)64-67-63(47-31-30-40-16-5-6-19-42(40)32-47)68-65(69-64)54-34-46-23-11-12-25-49(46)50-26-13-14-27-51(50)54/h2-39,57H,1H3. The van der Waals surface area contributed by atoms with Crippen LogP contribution in [0, 0.1) is 0 Å². The number of nitrogens with zero attached hydrogens (tertiary/aromatic N) is 4. The second kappa shape index (κ2) is 15.2. The molecule has 2 aliphatic rings. The van der Waals surface area contributed by atoms with E-state index in [1.807, 2.05) is 0 Å². The molecule has 2 unspecified atom stereocenters. The molecule has 1 aliphatic carbocycles. The van der Waals surface area contributed by atoms with E-state index in [2.05, 4.69) is 242 Å². The lowest BCUT2D eigenvalue weighted by Crippen LogP contribution is -2.47. The first-order valence-electron chi connectivity index (χ1n) is 24.4. The van der Waals surface area contributed by atoms with Crippen molar-refractivity contribution >= 4 is 88.6 Å². The largest absolute Gasteiger partial charge is 0.456 e. The molecule has 0 radical (unpaired) electrons. The number of rotatable bonds is 5. The van der Waals surface area contributed by atoms with Crippen LogP contribution in [0.1, 0.15) is 18.4 Å². The zero-order chi connectivity index (χ0) is 46.8. The van der Waals surface area contributed by atoms with Gasteiger partial charge in [0.2, 0.25) is 0 Å². The maximum atomic E-state index is 7.06. The van der Waals surface area contributed by atoms with Crippen molar-refractivity contribution in [3.8, 4) is 45.3 Å². The van der Waals surface area contributed by atoms with Crippen molar-refractivity contribution in [3.63, 3.8) is 0 Å². The van der Waals surface area contributed by atoms with Crippen LogP contribution in [-0.2, 0) is 0 Å². The Bertz CT molecular complexity index is 4520. The summed E-state index contributed by atoms with van der Waals surface area (Å²) in [6.45, 7) is 2.40. The fourth-order valence-electron chi connectivity index (χ4n) is 11.9. The van der Waals surface area contributed by atoms with Crippen molar-refractivity contribution in [1.82, 2.24) is 15.0 Å². The van der Waals surface area contributed by atoms with Gasteiger partial charge in [-0.15, -0.1) is 0 Å². The molecule has 3 heterocycles. The zero-order valence-corrected chi connectivity index (χ0v) is 38.7. The van der Waals surface area contributed by atoms with Crippen LogP contribution in [0.3, 0.4) is 0 Å². The molecule has 0 amide bonds. The molecule has 332 valence electrons. The van der Waals surface area contributed by atoms with E-state index in [1.165, 1.54) is 37.8 Å². The Balaban J connectivity index is 0.993. The summed E-state index contributed by atoms with van der Waals surface area (Å²) in [6.07, 6.45) is 4.96. The number of hydrogen-bond acceptors (Lipinski definition) is 5. The molecule has 2 atom stereocenters. The van der Waals surface area contributed by atoms with Crippen LogP contribution < -0.4 is 15.3 Å². The molecule has 2 aromatic heterocycles. The summed E-state index contributed by atoms with van der Waals surface area (Å²) in [6, 6.07) is 78.2. The summed E-state index contributed by atoms with van der Waals surface area (Å²) < 4.78 is 7.06. The Labute approximate surface area is 409 Å². The van der Waals surface area contributed by atoms with Crippen molar-refractivity contribution in [2.75, 3.05) is 4.90 Å². The Morgan fingerprint density at radius 1 is 0.408 bits per heavy atom. The van der Waals surface area contributed by atoms with Gasteiger partial charge < -0.3 is 9.32 Å². The normalized spacial score (nSPS) is 16.1. The monoisotopic (exact) mass is 906 g/mol. The van der Waals surface area contributed by atoms with E-state index >= 15 is 0 Å². The first-order chi connectivity index (χ1) is 35.0. The molecule has 15 rings (SSSR count). The molecule has 13 aromatic rings. The molecule has 0 bridgehead atoms. The van der Waals surface area contributed by atoms with Crippen molar-refractivity contribution in [2.45, 2.75) is 18.4 Å². The smallest absolute Gasteiger partial charge is 0.164 e. The van der Waals surface area contributed by atoms with E-state index in [4.69, 9.17) is 19.4 Å². The highest BCUT2D eigenvalue weighted by atomic mass is 16.3. The Morgan fingerprint density at radius 3 is 1.87 bits per heavy atom.